The Morgan fingerprint density at radius 2 is 2.03 bits per heavy atom. The Kier molecular flexibility index (Phi) is 7.36. The number of para-hydroxylation sites is 1. The first kappa shape index (κ1) is 22.9. The molecular formula is C25H28N4O3S. The van der Waals surface area contributed by atoms with Crippen molar-refractivity contribution >= 4 is 34.6 Å². The van der Waals surface area contributed by atoms with Gasteiger partial charge < -0.3 is 9.73 Å². The Bertz CT molecular complexity index is 1110. The van der Waals surface area contributed by atoms with Gasteiger partial charge in [0.25, 0.3) is 5.91 Å². The number of carbonyl (C=O) groups is 2. The highest BCUT2D eigenvalue weighted by molar-refractivity contribution is 7.10. The van der Waals surface area contributed by atoms with E-state index in [2.05, 4.69) is 10.4 Å². The van der Waals surface area contributed by atoms with Crippen LogP contribution in [0.2, 0.25) is 0 Å². The van der Waals surface area contributed by atoms with Gasteiger partial charge >= 0.3 is 0 Å². The van der Waals surface area contributed by atoms with Crippen molar-refractivity contribution in [1.29, 1.82) is 0 Å². The highest BCUT2D eigenvalue weighted by Gasteiger charge is 2.35. The maximum absolute atomic E-state index is 13.4. The van der Waals surface area contributed by atoms with Gasteiger partial charge in [-0.1, -0.05) is 31.2 Å². The van der Waals surface area contributed by atoms with Gasteiger partial charge in [0.05, 0.1) is 25.4 Å². The molecule has 172 valence electrons. The van der Waals surface area contributed by atoms with Crippen LogP contribution in [-0.4, -0.2) is 47.1 Å². The molecule has 0 saturated carbocycles. The van der Waals surface area contributed by atoms with E-state index in [-0.39, 0.29) is 30.9 Å². The van der Waals surface area contributed by atoms with Gasteiger partial charge in [-0.3, -0.25) is 14.5 Å². The Morgan fingerprint density at radius 1 is 1.18 bits per heavy atom. The number of hydrazone groups is 1. The second-order valence-electron chi connectivity index (χ2n) is 8.07. The number of carbonyl (C=O) groups excluding carboxylic acids is 2. The lowest BCUT2D eigenvalue weighted by Crippen LogP contribution is -2.42. The van der Waals surface area contributed by atoms with Gasteiger partial charge in [-0.15, -0.1) is 11.3 Å². The number of nitrogens with one attached hydrogen (secondary N) is 1. The maximum atomic E-state index is 13.4. The number of amides is 2. The van der Waals surface area contributed by atoms with E-state index in [1.807, 2.05) is 72.7 Å². The van der Waals surface area contributed by atoms with Gasteiger partial charge in [0, 0.05) is 17.0 Å². The molecule has 3 aromatic rings. The van der Waals surface area contributed by atoms with Crippen molar-refractivity contribution in [2.75, 3.05) is 25.0 Å². The van der Waals surface area contributed by atoms with Crippen molar-refractivity contribution in [2.45, 2.75) is 32.7 Å². The molecule has 1 atom stereocenters. The zero-order chi connectivity index (χ0) is 23.2. The lowest BCUT2D eigenvalue weighted by molar-refractivity contribution is -0.134. The number of nitrogens with zero attached hydrogens (tertiary/aromatic N) is 3. The Hall–Kier alpha value is -3.23. The number of anilines is 1. The molecule has 2 amide bonds. The third-order valence-electron chi connectivity index (χ3n) is 5.53. The largest absolute Gasteiger partial charge is 0.463 e. The second kappa shape index (κ2) is 10.6. The number of rotatable bonds is 9. The summed E-state index contributed by atoms with van der Waals surface area (Å²) in [6, 6.07) is 15.2. The van der Waals surface area contributed by atoms with Crippen LogP contribution in [-0.2, 0) is 9.59 Å². The van der Waals surface area contributed by atoms with Gasteiger partial charge in [-0.2, -0.15) is 5.10 Å². The molecule has 4 rings (SSSR count). The molecule has 0 aliphatic carbocycles. The van der Waals surface area contributed by atoms with Crippen molar-refractivity contribution in [3.63, 3.8) is 0 Å². The molecular weight excluding hydrogens is 436 g/mol. The van der Waals surface area contributed by atoms with Crippen molar-refractivity contribution < 1.29 is 14.0 Å². The van der Waals surface area contributed by atoms with Crippen LogP contribution < -0.4 is 5.32 Å². The first-order chi connectivity index (χ1) is 16.0. The lowest BCUT2D eigenvalue weighted by atomic mass is 10.1. The molecule has 8 heteroatoms. The summed E-state index contributed by atoms with van der Waals surface area (Å²) in [5, 5.41) is 11.1. The Balaban J connectivity index is 1.46. The summed E-state index contributed by atoms with van der Waals surface area (Å²) < 4.78 is 5.52. The molecule has 0 fully saturated rings. The van der Waals surface area contributed by atoms with Crippen LogP contribution in [0.1, 0.15) is 42.0 Å². The van der Waals surface area contributed by atoms with Crippen molar-refractivity contribution in [1.82, 2.24) is 9.91 Å². The minimum atomic E-state index is -0.165. The van der Waals surface area contributed by atoms with Crippen LogP contribution in [0.25, 0.3) is 0 Å². The highest BCUT2D eigenvalue weighted by atomic mass is 32.1. The molecule has 3 heterocycles. The van der Waals surface area contributed by atoms with E-state index < -0.39 is 0 Å². The normalized spacial score (nSPS) is 15.7. The summed E-state index contributed by atoms with van der Waals surface area (Å²) in [7, 11) is 0. The molecule has 1 N–H and O–H groups in total. The summed E-state index contributed by atoms with van der Waals surface area (Å²) in [5.41, 5.74) is 2.54. The van der Waals surface area contributed by atoms with Gasteiger partial charge in [-0.05, 0) is 55.1 Å². The monoisotopic (exact) mass is 464 g/mol. The van der Waals surface area contributed by atoms with Crippen molar-refractivity contribution in [3.8, 4) is 0 Å². The predicted molar refractivity (Wildman–Crippen MR) is 130 cm³/mol. The smallest absolute Gasteiger partial charge is 0.257 e. The average molecular weight is 465 g/mol. The SMILES string of the molecule is CCCN(CC(=O)Nc1ccccc1C)CC(=O)N1N=C(c2ccco2)CC1c1cccs1. The Morgan fingerprint density at radius 3 is 2.73 bits per heavy atom. The Labute approximate surface area is 197 Å². The fourth-order valence-corrected chi connectivity index (χ4v) is 4.75. The van der Waals surface area contributed by atoms with Crippen LogP contribution in [0.15, 0.2) is 69.7 Å². The molecule has 0 spiro atoms. The van der Waals surface area contributed by atoms with Gasteiger partial charge in [-0.25, -0.2) is 5.01 Å². The zero-order valence-electron chi connectivity index (χ0n) is 18.9. The second-order valence-corrected chi connectivity index (χ2v) is 9.05. The fraction of sp³-hybridized carbons (Fsp3) is 0.320. The number of hydrogen-bond acceptors (Lipinski definition) is 6. The molecule has 0 saturated heterocycles. The lowest BCUT2D eigenvalue weighted by Gasteiger charge is -2.25. The number of aryl methyl sites for hydroxylation is 1. The van der Waals surface area contributed by atoms with Crippen LogP contribution in [0.5, 0.6) is 0 Å². The number of benzene rings is 1. The van der Waals surface area contributed by atoms with E-state index in [0.717, 1.165) is 28.3 Å². The minimum absolute atomic E-state index is 0.117. The summed E-state index contributed by atoms with van der Waals surface area (Å²) in [6.45, 7) is 4.88. The topological polar surface area (TPSA) is 78.2 Å². The molecule has 0 radical (unpaired) electrons. The zero-order valence-corrected chi connectivity index (χ0v) is 19.7. The van der Waals surface area contributed by atoms with Gasteiger partial charge in [0.15, 0.2) is 0 Å². The third-order valence-corrected chi connectivity index (χ3v) is 6.50. The predicted octanol–water partition coefficient (Wildman–Crippen LogP) is 4.68. The van der Waals surface area contributed by atoms with Crippen LogP contribution in [0.4, 0.5) is 5.69 Å². The molecule has 0 bridgehead atoms. The van der Waals surface area contributed by atoms with E-state index >= 15 is 0 Å². The maximum Gasteiger partial charge on any atom is 0.257 e. The highest BCUT2D eigenvalue weighted by Crippen LogP contribution is 2.35. The quantitative estimate of drug-likeness (QED) is 0.499. The average Bonchev–Trinajstić information content (AvgIpc) is 3.55. The molecule has 1 aliphatic rings. The van der Waals surface area contributed by atoms with E-state index in [1.165, 1.54) is 0 Å². The first-order valence-corrected chi connectivity index (χ1v) is 12.0. The van der Waals surface area contributed by atoms with E-state index in [4.69, 9.17) is 4.42 Å². The van der Waals surface area contributed by atoms with E-state index in [1.54, 1.807) is 22.6 Å². The summed E-state index contributed by atoms with van der Waals surface area (Å²) >= 11 is 1.61. The summed E-state index contributed by atoms with van der Waals surface area (Å²) in [5.74, 6) is 0.406. The molecule has 1 aromatic carbocycles. The van der Waals surface area contributed by atoms with E-state index in [0.29, 0.717) is 18.7 Å². The summed E-state index contributed by atoms with van der Waals surface area (Å²) in [6.07, 6.45) is 3.04. The van der Waals surface area contributed by atoms with E-state index in [9.17, 15) is 9.59 Å². The first-order valence-electron chi connectivity index (χ1n) is 11.1. The number of hydrogen-bond donors (Lipinski definition) is 1. The van der Waals surface area contributed by atoms with Crippen LogP contribution in [0.3, 0.4) is 0 Å². The third kappa shape index (κ3) is 5.58. The molecule has 7 nitrogen and oxygen atoms in total. The number of thiophene rings is 1. The van der Waals surface area contributed by atoms with Crippen LogP contribution in [0, 0.1) is 6.92 Å². The molecule has 1 aliphatic heterocycles. The molecule has 33 heavy (non-hydrogen) atoms. The standard InChI is InChI=1S/C25H28N4O3S/c1-3-12-28(16-24(30)26-19-9-5-4-8-18(19)2)17-25(31)29-21(23-11-7-14-33-23)15-20(27-29)22-10-6-13-32-22/h4-11,13-14,21H,3,12,15-17H2,1-2H3,(H,26,30). The van der Waals surface area contributed by atoms with Crippen LogP contribution >= 0.6 is 11.3 Å². The van der Waals surface area contributed by atoms with Gasteiger partial charge in [0.1, 0.15) is 11.5 Å². The van der Waals surface area contributed by atoms with Gasteiger partial charge in [0.2, 0.25) is 5.91 Å². The molecule has 1 unspecified atom stereocenters. The minimum Gasteiger partial charge on any atom is -0.463 e. The van der Waals surface area contributed by atoms with Crippen molar-refractivity contribution in [3.05, 3.63) is 76.4 Å². The van der Waals surface area contributed by atoms with Crippen molar-refractivity contribution in [2.24, 2.45) is 5.10 Å². The fourth-order valence-electron chi connectivity index (χ4n) is 3.93. The molecule has 2 aromatic heterocycles. The number of furan rings is 1. The summed E-state index contributed by atoms with van der Waals surface area (Å²) in [4.78, 5) is 29.0.